The van der Waals surface area contributed by atoms with Gasteiger partial charge in [0.15, 0.2) is 0 Å². The van der Waals surface area contributed by atoms with E-state index in [1.165, 1.54) is 10.6 Å². The van der Waals surface area contributed by atoms with Crippen molar-refractivity contribution in [1.82, 2.24) is 10.2 Å². The van der Waals surface area contributed by atoms with Gasteiger partial charge in [-0.05, 0) is 81.5 Å². The molecule has 3 rings (SSSR count). The molecule has 42 heavy (non-hydrogen) atoms. The maximum absolute atomic E-state index is 14.0. The maximum atomic E-state index is 14.0. The molecule has 0 aliphatic heterocycles. The van der Waals surface area contributed by atoms with Gasteiger partial charge in [0.2, 0.25) is 21.8 Å². The number of rotatable bonds is 12. The van der Waals surface area contributed by atoms with Crippen molar-refractivity contribution < 1.29 is 18.0 Å². The number of carbonyl (C=O) groups is 2. The molecule has 3 aromatic carbocycles. The fourth-order valence-electron chi connectivity index (χ4n) is 4.70. The average molecular weight is 612 g/mol. The van der Waals surface area contributed by atoms with E-state index in [0.29, 0.717) is 17.1 Å². The van der Waals surface area contributed by atoms with Crippen LogP contribution in [0.3, 0.4) is 0 Å². The van der Waals surface area contributed by atoms with Gasteiger partial charge < -0.3 is 10.2 Å². The van der Waals surface area contributed by atoms with Gasteiger partial charge in [0.1, 0.15) is 6.04 Å². The third-order valence-electron chi connectivity index (χ3n) is 7.00. The summed E-state index contributed by atoms with van der Waals surface area (Å²) >= 11 is 6.50. The van der Waals surface area contributed by atoms with E-state index in [1.807, 2.05) is 95.3 Å². The Kier molecular flexibility index (Phi) is 11.2. The van der Waals surface area contributed by atoms with Gasteiger partial charge in [-0.15, -0.1) is 0 Å². The molecule has 0 aromatic heterocycles. The first-order valence-corrected chi connectivity index (χ1v) is 16.3. The summed E-state index contributed by atoms with van der Waals surface area (Å²) in [5, 5.41) is 3.55. The molecule has 0 heterocycles. The minimum Gasteiger partial charge on any atom is -0.350 e. The summed E-state index contributed by atoms with van der Waals surface area (Å²) in [5.74, 6) is -0.520. The molecule has 3 aromatic rings. The third kappa shape index (κ3) is 9.60. The van der Waals surface area contributed by atoms with E-state index in [1.54, 1.807) is 17.0 Å². The smallest absolute Gasteiger partial charge is 0.243 e. The van der Waals surface area contributed by atoms with Crippen molar-refractivity contribution in [1.29, 1.82) is 0 Å². The van der Waals surface area contributed by atoms with Gasteiger partial charge in [0.25, 0.3) is 0 Å². The highest BCUT2D eigenvalue weighted by atomic mass is 35.5. The first kappa shape index (κ1) is 33.1. The van der Waals surface area contributed by atoms with Gasteiger partial charge in [-0.1, -0.05) is 66.2 Å². The molecule has 0 fully saturated rings. The topological polar surface area (TPSA) is 86.8 Å². The molecule has 226 valence electrons. The summed E-state index contributed by atoms with van der Waals surface area (Å²) in [6.45, 7) is 9.87. The molecular formula is C33H42ClN3O4S. The molecule has 0 aliphatic rings. The standard InChI is InChI=1S/C33H42ClN3O4S/c1-24-18-19-28(21-25(24)2)37(42(6,40)41)20-12-17-31(38)36(23-27-15-10-11-16-29(27)34)30(32(39)35-33(3,4)5)22-26-13-8-7-9-14-26/h7-11,13-16,18-19,21,30H,12,17,20,22-23H2,1-6H3,(H,35,39). The lowest BCUT2D eigenvalue weighted by Crippen LogP contribution is -2.54. The molecule has 0 spiro atoms. The zero-order chi connectivity index (χ0) is 31.1. The molecule has 0 bridgehead atoms. The number of amides is 2. The summed E-state index contributed by atoms with van der Waals surface area (Å²) in [4.78, 5) is 29.3. The van der Waals surface area contributed by atoms with Crippen molar-refractivity contribution in [2.24, 2.45) is 0 Å². The van der Waals surface area contributed by atoms with Crippen molar-refractivity contribution in [3.05, 3.63) is 100 Å². The lowest BCUT2D eigenvalue weighted by atomic mass is 10.00. The van der Waals surface area contributed by atoms with Crippen LogP contribution >= 0.6 is 11.6 Å². The summed E-state index contributed by atoms with van der Waals surface area (Å²) in [5.41, 5.74) is 3.75. The first-order valence-electron chi connectivity index (χ1n) is 14.1. The van der Waals surface area contributed by atoms with Crippen molar-refractivity contribution in [2.45, 2.75) is 72.0 Å². The molecule has 0 saturated heterocycles. The van der Waals surface area contributed by atoms with Crippen LogP contribution in [0.2, 0.25) is 5.02 Å². The van der Waals surface area contributed by atoms with E-state index in [9.17, 15) is 18.0 Å². The monoisotopic (exact) mass is 611 g/mol. The van der Waals surface area contributed by atoms with E-state index >= 15 is 0 Å². The first-order chi connectivity index (χ1) is 19.7. The number of sulfonamides is 1. The third-order valence-corrected chi connectivity index (χ3v) is 8.56. The quantitative estimate of drug-likeness (QED) is 0.270. The van der Waals surface area contributed by atoms with Gasteiger partial charge in [-0.2, -0.15) is 0 Å². The van der Waals surface area contributed by atoms with Gasteiger partial charge in [0.05, 0.1) is 11.9 Å². The highest BCUT2D eigenvalue weighted by molar-refractivity contribution is 7.92. The molecule has 7 nitrogen and oxygen atoms in total. The Morgan fingerprint density at radius 1 is 0.929 bits per heavy atom. The molecule has 1 atom stereocenters. The van der Waals surface area contributed by atoms with Crippen molar-refractivity contribution >= 4 is 39.1 Å². The molecule has 9 heteroatoms. The lowest BCUT2D eigenvalue weighted by Gasteiger charge is -2.34. The fraction of sp³-hybridized carbons (Fsp3) is 0.394. The van der Waals surface area contributed by atoms with E-state index < -0.39 is 21.6 Å². The second kappa shape index (κ2) is 14.2. The highest BCUT2D eigenvalue weighted by Gasteiger charge is 2.32. The summed E-state index contributed by atoms with van der Waals surface area (Å²) in [6.07, 6.45) is 1.81. The van der Waals surface area contributed by atoms with Crippen LogP contribution in [0, 0.1) is 13.8 Å². The molecule has 0 aliphatic carbocycles. The molecule has 2 amide bonds. The summed E-state index contributed by atoms with van der Waals surface area (Å²) in [7, 11) is -3.58. The fourth-order valence-corrected chi connectivity index (χ4v) is 5.85. The number of nitrogens with zero attached hydrogens (tertiary/aromatic N) is 2. The van der Waals surface area contributed by atoms with E-state index in [0.717, 1.165) is 22.3 Å². The van der Waals surface area contributed by atoms with Gasteiger partial charge in [-0.3, -0.25) is 13.9 Å². The zero-order valence-corrected chi connectivity index (χ0v) is 26.9. The number of hydrogen-bond acceptors (Lipinski definition) is 4. The molecule has 1 N–H and O–H groups in total. The number of nitrogens with one attached hydrogen (secondary N) is 1. The Morgan fingerprint density at radius 3 is 2.17 bits per heavy atom. The van der Waals surface area contributed by atoms with E-state index in [4.69, 9.17) is 11.6 Å². The number of halogens is 1. The lowest BCUT2D eigenvalue weighted by molar-refractivity contribution is -0.142. The Balaban J connectivity index is 1.92. The second-order valence-electron chi connectivity index (χ2n) is 11.8. The van der Waals surface area contributed by atoms with Crippen LogP contribution in [0.15, 0.2) is 72.8 Å². The zero-order valence-electron chi connectivity index (χ0n) is 25.4. The van der Waals surface area contributed by atoms with Gasteiger partial charge in [0, 0.05) is 36.5 Å². The number of carbonyl (C=O) groups excluding carboxylic acids is 2. The van der Waals surface area contributed by atoms with Crippen molar-refractivity contribution in [3.63, 3.8) is 0 Å². The summed E-state index contributed by atoms with van der Waals surface area (Å²) < 4.78 is 26.8. The van der Waals surface area contributed by atoms with Gasteiger partial charge >= 0.3 is 0 Å². The predicted molar refractivity (Wildman–Crippen MR) is 171 cm³/mol. The minimum absolute atomic E-state index is 0.0510. The molecule has 1 unspecified atom stereocenters. The van der Waals surface area contributed by atoms with Crippen LogP contribution in [-0.2, 0) is 32.6 Å². The van der Waals surface area contributed by atoms with Crippen LogP contribution in [0.1, 0.15) is 55.9 Å². The molecule has 0 radical (unpaired) electrons. The Bertz CT molecular complexity index is 1490. The van der Waals surface area contributed by atoms with Crippen LogP contribution < -0.4 is 9.62 Å². The highest BCUT2D eigenvalue weighted by Crippen LogP contribution is 2.24. The van der Waals surface area contributed by atoms with E-state index in [2.05, 4.69) is 5.32 Å². The predicted octanol–water partition coefficient (Wildman–Crippen LogP) is 6.06. The van der Waals surface area contributed by atoms with Crippen LogP contribution in [0.5, 0.6) is 0 Å². The second-order valence-corrected chi connectivity index (χ2v) is 14.1. The van der Waals surface area contributed by atoms with Crippen molar-refractivity contribution in [2.75, 3.05) is 17.1 Å². The molecule has 0 saturated carbocycles. The largest absolute Gasteiger partial charge is 0.350 e. The molecular weight excluding hydrogens is 570 g/mol. The summed E-state index contributed by atoms with van der Waals surface area (Å²) in [6, 6.07) is 21.6. The Labute approximate surface area is 255 Å². The van der Waals surface area contributed by atoms with Crippen LogP contribution in [0.25, 0.3) is 0 Å². The number of aryl methyl sites for hydroxylation is 2. The number of benzene rings is 3. The van der Waals surface area contributed by atoms with E-state index in [-0.39, 0.29) is 37.7 Å². The maximum Gasteiger partial charge on any atom is 0.243 e. The van der Waals surface area contributed by atoms with Crippen LogP contribution in [0.4, 0.5) is 5.69 Å². The Morgan fingerprint density at radius 2 is 1.57 bits per heavy atom. The average Bonchev–Trinajstić information content (AvgIpc) is 2.90. The van der Waals surface area contributed by atoms with Crippen molar-refractivity contribution in [3.8, 4) is 0 Å². The SMILES string of the molecule is Cc1ccc(N(CCCC(=O)N(Cc2ccccc2Cl)C(Cc2ccccc2)C(=O)NC(C)(C)C)S(C)(=O)=O)cc1C. The normalized spacial score (nSPS) is 12.5. The number of anilines is 1. The number of hydrogen-bond donors (Lipinski definition) is 1. The van der Waals surface area contributed by atoms with Gasteiger partial charge in [-0.25, -0.2) is 8.42 Å². The van der Waals surface area contributed by atoms with Crippen LogP contribution in [-0.4, -0.2) is 49.5 Å². The minimum atomic E-state index is -3.58. The Hall–Kier alpha value is -3.36.